The lowest BCUT2D eigenvalue weighted by Crippen LogP contribution is -2.76. The molecule has 3 heterocycles. The number of likely N-dealkylation sites (tertiary alicyclic amines) is 1. The molecule has 5 rings (SSSR count). The summed E-state index contributed by atoms with van der Waals surface area (Å²) in [6.45, 7) is 9.49. The molecule has 2 aromatic carbocycles. The molecule has 2 aliphatic heterocycles. The van der Waals surface area contributed by atoms with Crippen LogP contribution in [0.15, 0.2) is 36.4 Å². The minimum Gasteiger partial charge on any atom is -0.363 e. The van der Waals surface area contributed by atoms with Crippen molar-refractivity contribution in [3.63, 3.8) is 0 Å². The molecule has 0 radical (unpaired) electrons. The van der Waals surface area contributed by atoms with Gasteiger partial charge in [-0.1, -0.05) is 18.2 Å². The van der Waals surface area contributed by atoms with Crippen LogP contribution in [0.3, 0.4) is 0 Å². The lowest BCUT2D eigenvalue weighted by atomic mass is 9.77. The molecule has 1 spiro atoms. The van der Waals surface area contributed by atoms with E-state index < -0.39 is 0 Å². The first-order valence-electron chi connectivity index (χ1n) is 10.9. The Morgan fingerprint density at radius 3 is 2.61 bits per heavy atom. The summed E-state index contributed by atoms with van der Waals surface area (Å²) in [7, 11) is 2.19. The molecule has 6 nitrogen and oxygen atoms in total. The number of aromatic nitrogens is 2. The van der Waals surface area contributed by atoms with E-state index in [0.717, 1.165) is 53.0 Å². The first-order valence-corrected chi connectivity index (χ1v) is 10.9. The van der Waals surface area contributed by atoms with Gasteiger partial charge in [0.25, 0.3) is 0 Å². The monoisotopic (exact) mass is 412 g/mol. The maximum atomic E-state index is 9.38. The van der Waals surface area contributed by atoms with Gasteiger partial charge < -0.3 is 15.1 Å². The molecule has 0 saturated carbocycles. The van der Waals surface area contributed by atoms with Crippen molar-refractivity contribution in [3.05, 3.63) is 58.8 Å². The Bertz CT molecular complexity index is 1200. The number of hydrogen-bond donors (Lipinski definition) is 1. The van der Waals surface area contributed by atoms with Crippen LogP contribution >= 0.6 is 0 Å². The molecule has 2 aliphatic rings. The standard InChI is InChI=1S/C25H28N6/c1-16-19(13-26)6-5-7-21(16)17(2)27-24-23-12-20(8-9-22(23)18(3)28-29-24)31-11-10-25(31)14-30(4)15-25/h5-9,12,17H,10-11,14-15H2,1-4H3,(H,27,29)/t17-/m1/s1. The van der Waals surface area contributed by atoms with Crippen molar-refractivity contribution in [1.29, 1.82) is 5.26 Å². The molecule has 1 N–H and O–H groups in total. The van der Waals surface area contributed by atoms with Crippen LogP contribution in [-0.2, 0) is 0 Å². The first kappa shape index (κ1) is 19.8. The summed E-state index contributed by atoms with van der Waals surface area (Å²) in [5, 5.41) is 24.1. The second kappa shape index (κ2) is 7.21. The highest BCUT2D eigenvalue weighted by molar-refractivity contribution is 5.95. The average Bonchev–Trinajstić information content (AvgIpc) is 2.72. The minimum atomic E-state index is 0.00722. The minimum absolute atomic E-state index is 0.00722. The Labute approximate surface area is 183 Å². The lowest BCUT2D eigenvalue weighted by Gasteiger charge is -2.63. The molecule has 6 heteroatoms. The van der Waals surface area contributed by atoms with Gasteiger partial charge in [-0.3, -0.25) is 0 Å². The quantitative estimate of drug-likeness (QED) is 0.693. The highest BCUT2D eigenvalue weighted by Gasteiger charge is 2.52. The molecule has 0 unspecified atom stereocenters. The zero-order valence-electron chi connectivity index (χ0n) is 18.6. The number of hydrogen-bond acceptors (Lipinski definition) is 6. The van der Waals surface area contributed by atoms with Crippen molar-refractivity contribution < 1.29 is 0 Å². The maximum Gasteiger partial charge on any atom is 0.157 e. The highest BCUT2D eigenvalue weighted by atomic mass is 15.4. The summed E-state index contributed by atoms with van der Waals surface area (Å²) in [5.41, 5.74) is 5.33. The van der Waals surface area contributed by atoms with Crippen LogP contribution in [0.5, 0.6) is 0 Å². The summed E-state index contributed by atoms with van der Waals surface area (Å²) in [6, 6.07) is 14.8. The van der Waals surface area contributed by atoms with Crippen LogP contribution in [0.2, 0.25) is 0 Å². The van der Waals surface area contributed by atoms with Gasteiger partial charge in [0, 0.05) is 36.1 Å². The molecule has 158 valence electrons. The van der Waals surface area contributed by atoms with Crippen LogP contribution < -0.4 is 10.2 Å². The van der Waals surface area contributed by atoms with E-state index >= 15 is 0 Å². The van der Waals surface area contributed by atoms with Crippen LogP contribution in [0.1, 0.15) is 41.8 Å². The van der Waals surface area contributed by atoms with E-state index in [-0.39, 0.29) is 6.04 Å². The van der Waals surface area contributed by atoms with Crippen molar-refractivity contribution in [1.82, 2.24) is 15.1 Å². The fraction of sp³-hybridized carbons (Fsp3) is 0.400. The Kier molecular flexibility index (Phi) is 4.60. The average molecular weight is 413 g/mol. The zero-order chi connectivity index (χ0) is 21.8. The van der Waals surface area contributed by atoms with Gasteiger partial charge in [0.2, 0.25) is 0 Å². The Balaban J connectivity index is 1.50. The summed E-state index contributed by atoms with van der Waals surface area (Å²) < 4.78 is 0. The number of nitrogens with one attached hydrogen (secondary N) is 1. The number of rotatable bonds is 4. The van der Waals surface area contributed by atoms with Gasteiger partial charge in [-0.25, -0.2) is 0 Å². The molecule has 1 aromatic heterocycles. The second-order valence-electron chi connectivity index (χ2n) is 9.16. The number of benzene rings is 2. The predicted molar refractivity (Wildman–Crippen MR) is 124 cm³/mol. The SMILES string of the molecule is Cc1c(C#N)cccc1[C@@H](C)Nc1nnc(C)c2ccc(N3CCC34CN(C)C4)cc12. The molecular formula is C25H28N6. The maximum absolute atomic E-state index is 9.38. The normalized spacial score (nSPS) is 18.4. The predicted octanol–water partition coefficient (Wildman–Crippen LogP) is 4.19. The highest BCUT2D eigenvalue weighted by Crippen LogP contribution is 2.43. The van der Waals surface area contributed by atoms with Gasteiger partial charge in [-0.15, -0.1) is 5.10 Å². The van der Waals surface area contributed by atoms with Gasteiger partial charge in [0.05, 0.1) is 28.9 Å². The number of nitrogens with zero attached hydrogens (tertiary/aromatic N) is 5. The Hall–Kier alpha value is -3.17. The topological polar surface area (TPSA) is 68.1 Å². The van der Waals surface area contributed by atoms with Crippen LogP contribution in [0, 0.1) is 25.2 Å². The summed E-state index contributed by atoms with van der Waals surface area (Å²) in [4.78, 5) is 4.94. The summed E-state index contributed by atoms with van der Waals surface area (Å²) in [5.74, 6) is 0.789. The third-order valence-electron chi connectivity index (χ3n) is 7.08. The van der Waals surface area contributed by atoms with Gasteiger partial charge >= 0.3 is 0 Å². The molecule has 2 fully saturated rings. The smallest absolute Gasteiger partial charge is 0.157 e. The van der Waals surface area contributed by atoms with E-state index in [0.29, 0.717) is 11.1 Å². The van der Waals surface area contributed by atoms with E-state index in [1.165, 1.54) is 12.1 Å². The van der Waals surface area contributed by atoms with Crippen molar-refractivity contribution in [3.8, 4) is 6.07 Å². The number of nitriles is 1. The van der Waals surface area contributed by atoms with Gasteiger partial charge in [-0.2, -0.15) is 10.4 Å². The number of likely N-dealkylation sites (N-methyl/N-ethyl adjacent to an activating group) is 1. The van der Waals surface area contributed by atoms with Crippen LogP contribution in [0.4, 0.5) is 11.5 Å². The van der Waals surface area contributed by atoms with E-state index in [4.69, 9.17) is 0 Å². The summed E-state index contributed by atoms with van der Waals surface area (Å²) >= 11 is 0. The van der Waals surface area contributed by atoms with E-state index in [9.17, 15) is 5.26 Å². The van der Waals surface area contributed by atoms with Crippen molar-refractivity contribution in [2.24, 2.45) is 0 Å². The van der Waals surface area contributed by atoms with E-state index in [2.05, 4.69) is 69.6 Å². The van der Waals surface area contributed by atoms with Gasteiger partial charge in [0.15, 0.2) is 5.82 Å². The van der Waals surface area contributed by atoms with Crippen molar-refractivity contribution >= 4 is 22.3 Å². The van der Waals surface area contributed by atoms with Crippen molar-refractivity contribution in [2.75, 3.05) is 36.9 Å². The van der Waals surface area contributed by atoms with E-state index in [1.807, 2.05) is 26.0 Å². The second-order valence-corrected chi connectivity index (χ2v) is 9.16. The Morgan fingerprint density at radius 2 is 1.94 bits per heavy atom. The van der Waals surface area contributed by atoms with E-state index in [1.54, 1.807) is 0 Å². The zero-order valence-corrected chi connectivity index (χ0v) is 18.6. The lowest BCUT2D eigenvalue weighted by molar-refractivity contribution is 0.0469. The third-order valence-corrected chi connectivity index (χ3v) is 7.08. The number of anilines is 2. The molecule has 2 saturated heterocycles. The molecular weight excluding hydrogens is 384 g/mol. The summed E-state index contributed by atoms with van der Waals surface area (Å²) in [6.07, 6.45) is 1.26. The number of aryl methyl sites for hydroxylation is 1. The molecule has 0 aliphatic carbocycles. The number of fused-ring (bicyclic) bond motifs is 1. The fourth-order valence-electron chi connectivity index (χ4n) is 5.31. The molecule has 0 amide bonds. The first-order chi connectivity index (χ1) is 14.9. The van der Waals surface area contributed by atoms with Gasteiger partial charge in [-0.05, 0) is 63.6 Å². The fourth-order valence-corrected chi connectivity index (χ4v) is 5.31. The Morgan fingerprint density at radius 1 is 1.13 bits per heavy atom. The third kappa shape index (κ3) is 3.12. The largest absolute Gasteiger partial charge is 0.363 e. The molecule has 31 heavy (non-hydrogen) atoms. The molecule has 1 atom stereocenters. The molecule has 0 bridgehead atoms. The van der Waals surface area contributed by atoms with Gasteiger partial charge in [0.1, 0.15) is 0 Å². The van der Waals surface area contributed by atoms with Crippen molar-refractivity contribution in [2.45, 2.75) is 38.8 Å². The van der Waals surface area contributed by atoms with Crippen LogP contribution in [0.25, 0.3) is 10.8 Å². The molecule has 3 aromatic rings. The van der Waals surface area contributed by atoms with Crippen LogP contribution in [-0.4, -0.2) is 47.3 Å².